The second-order valence-electron chi connectivity index (χ2n) is 7.64. The molecular formula is C18H33IN4O3S. The first kappa shape index (κ1) is 23.0. The van der Waals surface area contributed by atoms with Gasteiger partial charge in [-0.1, -0.05) is 0 Å². The SMILES string of the molecule is CN(C)C(=O)CN=C(NCC1CCCO1)NC1CCOC2(CCSC2)C1.I. The summed E-state index contributed by atoms with van der Waals surface area (Å²) in [6, 6.07) is 0.327. The number of nitrogens with zero attached hydrogens (tertiary/aromatic N) is 2. The lowest BCUT2D eigenvalue weighted by Crippen LogP contribution is -2.52. The van der Waals surface area contributed by atoms with Crippen LogP contribution < -0.4 is 10.6 Å². The van der Waals surface area contributed by atoms with Gasteiger partial charge in [-0.05, 0) is 37.9 Å². The lowest BCUT2D eigenvalue weighted by molar-refractivity contribution is -0.127. The third-order valence-corrected chi connectivity index (χ3v) is 6.52. The van der Waals surface area contributed by atoms with E-state index in [1.165, 1.54) is 5.75 Å². The number of guanidine groups is 1. The molecule has 0 aliphatic carbocycles. The highest BCUT2D eigenvalue weighted by atomic mass is 127. The van der Waals surface area contributed by atoms with Gasteiger partial charge in [0.15, 0.2) is 5.96 Å². The van der Waals surface area contributed by atoms with E-state index >= 15 is 0 Å². The van der Waals surface area contributed by atoms with Crippen LogP contribution in [0.3, 0.4) is 0 Å². The summed E-state index contributed by atoms with van der Waals surface area (Å²) in [5.41, 5.74) is 0.0275. The van der Waals surface area contributed by atoms with Gasteiger partial charge in [0, 0.05) is 45.6 Å². The van der Waals surface area contributed by atoms with Crippen molar-refractivity contribution in [3.63, 3.8) is 0 Å². The molecule has 3 aliphatic heterocycles. The number of hydrogen-bond donors (Lipinski definition) is 2. The van der Waals surface area contributed by atoms with E-state index in [9.17, 15) is 4.79 Å². The van der Waals surface area contributed by atoms with Gasteiger partial charge in [0.25, 0.3) is 0 Å². The monoisotopic (exact) mass is 512 g/mol. The third kappa shape index (κ3) is 6.93. The topological polar surface area (TPSA) is 75.2 Å². The van der Waals surface area contributed by atoms with E-state index in [4.69, 9.17) is 9.47 Å². The molecule has 27 heavy (non-hydrogen) atoms. The smallest absolute Gasteiger partial charge is 0.243 e. The molecule has 0 radical (unpaired) electrons. The Kier molecular flexibility index (Phi) is 9.43. The van der Waals surface area contributed by atoms with Crippen molar-refractivity contribution in [1.29, 1.82) is 0 Å². The van der Waals surface area contributed by atoms with E-state index in [0.29, 0.717) is 12.0 Å². The first-order valence-corrected chi connectivity index (χ1v) is 10.8. The number of ether oxygens (including phenoxy) is 2. The number of nitrogens with one attached hydrogen (secondary N) is 2. The molecule has 3 rings (SSSR count). The van der Waals surface area contributed by atoms with E-state index < -0.39 is 0 Å². The highest BCUT2D eigenvalue weighted by molar-refractivity contribution is 14.0. The minimum atomic E-state index is -0.00106. The van der Waals surface area contributed by atoms with E-state index in [0.717, 1.165) is 57.6 Å². The van der Waals surface area contributed by atoms with Crippen LogP contribution in [0.5, 0.6) is 0 Å². The highest BCUT2D eigenvalue weighted by Gasteiger charge is 2.40. The number of aliphatic imine (C=N–C) groups is 1. The summed E-state index contributed by atoms with van der Waals surface area (Å²) >= 11 is 1.98. The molecule has 3 saturated heterocycles. The van der Waals surface area contributed by atoms with Crippen LogP contribution in [-0.4, -0.2) is 86.4 Å². The van der Waals surface area contributed by atoms with Gasteiger partial charge in [0.05, 0.1) is 11.7 Å². The molecule has 2 N–H and O–H groups in total. The van der Waals surface area contributed by atoms with Crippen LogP contribution >= 0.6 is 35.7 Å². The predicted molar refractivity (Wildman–Crippen MR) is 120 cm³/mol. The van der Waals surface area contributed by atoms with Crippen LogP contribution in [-0.2, 0) is 14.3 Å². The van der Waals surface area contributed by atoms with Crippen LogP contribution in [0.4, 0.5) is 0 Å². The lowest BCUT2D eigenvalue weighted by atomic mass is 9.90. The molecule has 3 fully saturated rings. The molecule has 7 nitrogen and oxygen atoms in total. The maximum atomic E-state index is 11.9. The Morgan fingerprint density at radius 3 is 2.85 bits per heavy atom. The zero-order valence-electron chi connectivity index (χ0n) is 16.4. The molecule has 0 aromatic carbocycles. The molecule has 1 amide bonds. The van der Waals surface area contributed by atoms with Crippen LogP contribution in [0.1, 0.15) is 32.1 Å². The fourth-order valence-electron chi connectivity index (χ4n) is 3.66. The number of carbonyl (C=O) groups excluding carboxylic acids is 1. The fraction of sp³-hybridized carbons (Fsp3) is 0.889. The summed E-state index contributed by atoms with van der Waals surface area (Å²) in [5, 5.41) is 6.93. The van der Waals surface area contributed by atoms with E-state index in [1.54, 1.807) is 19.0 Å². The van der Waals surface area contributed by atoms with Gasteiger partial charge < -0.3 is 25.0 Å². The van der Waals surface area contributed by atoms with Crippen LogP contribution in [0.25, 0.3) is 0 Å². The van der Waals surface area contributed by atoms with E-state index in [-0.39, 0.29) is 48.1 Å². The minimum Gasteiger partial charge on any atom is -0.376 e. The summed E-state index contributed by atoms with van der Waals surface area (Å²) in [4.78, 5) is 18.0. The van der Waals surface area contributed by atoms with Crippen LogP contribution in [0, 0.1) is 0 Å². The van der Waals surface area contributed by atoms with Crippen molar-refractivity contribution in [3.8, 4) is 0 Å². The van der Waals surface area contributed by atoms with Crippen molar-refractivity contribution in [3.05, 3.63) is 0 Å². The first-order valence-electron chi connectivity index (χ1n) is 9.65. The quantitative estimate of drug-likeness (QED) is 0.330. The van der Waals surface area contributed by atoms with Gasteiger partial charge in [0.1, 0.15) is 6.54 Å². The Bertz CT molecular complexity index is 509. The Labute approximate surface area is 183 Å². The Morgan fingerprint density at radius 1 is 1.33 bits per heavy atom. The molecule has 9 heteroatoms. The number of carbonyl (C=O) groups is 1. The number of rotatable bonds is 5. The van der Waals surface area contributed by atoms with Crippen LogP contribution in [0.2, 0.25) is 0 Å². The minimum absolute atomic E-state index is 0. The van der Waals surface area contributed by atoms with Crippen molar-refractivity contribution in [2.24, 2.45) is 4.99 Å². The molecule has 3 aliphatic rings. The van der Waals surface area contributed by atoms with Gasteiger partial charge in [-0.15, -0.1) is 24.0 Å². The van der Waals surface area contributed by atoms with Crippen molar-refractivity contribution < 1.29 is 14.3 Å². The zero-order valence-corrected chi connectivity index (χ0v) is 19.5. The maximum absolute atomic E-state index is 11.9. The second kappa shape index (κ2) is 11.1. The molecule has 156 valence electrons. The number of amides is 1. The van der Waals surface area contributed by atoms with Gasteiger partial charge >= 0.3 is 0 Å². The Hall–Kier alpha value is -0.260. The number of likely N-dealkylation sites (N-methyl/N-ethyl adjacent to an activating group) is 1. The van der Waals surface area contributed by atoms with E-state index in [2.05, 4.69) is 15.6 Å². The largest absolute Gasteiger partial charge is 0.376 e. The standard InChI is InChI=1S/C18H32N4O3S.HI/c1-22(2)16(23)12-20-17(19-11-15-4-3-7-24-15)21-14-5-8-25-18(10-14)6-9-26-13-18;/h14-15H,3-13H2,1-2H3,(H2,19,20,21);1H. The second-order valence-corrected chi connectivity index (χ2v) is 8.74. The van der Waals surface area contributed by atoms with Crippen molar-refractivity contribution >= 4 is 47.6 Å². The lowest BCUT2D eigenvalue weighted by Gasteiger charge is -2.38. The van der Waals surface area contributed by atoms with Crippen molar-refractivity contribution in [1.82, 2.24) is 15.5 Å². The average molecular weight is 512 g/mol. The Morgan fingerprint density at radius 2 is 2.19 bits per heavy atom. The molecule has 0 aromatic heterocycles. The summed E-state index contributed by atoms with van der Waals surface area (Å²) in [6.07, 6.45) is 5.53. The summed E-state index contributed by atoms with van der Waals surface area (Å²) in [6.45, 7) is 2.50. The summed E-state index contributed by atoms with van der Waals surface area (Å²) in [7, 11) is 3.51. The molecule has 1 spiro atoms. The van der Waals surface area contributed by atoms with Gasteiger partial charge in [-0.3, -0.25) is 4.79 Å². The predicted octanol–water partition coefficient (Wildman–Crippen LogP) is 1.46. The molecule has 0 bridgehead atoms. The fourth-order valence-corrected chi connectivity index (χ4v) is 5.04. The zero-order chi connectivity index (χ0) is 18.4. The van der Waals surface area contributed by atoms with Gasteiger partial charge in [0.2, 0.25) is 5.91 Å². The van der Waals surface area contributed by atoms with E-state index in [1.807, 2.05) is 11.8 Å². The van der Waals surface area contributed by atoms with Crippen LogP contribution in [0.15, 0.2) is 4.99 Å². The number of halogens is 1. The van der Waals surface area contributed by atoms with Gasteiger partial charge in [-0.2, -0.15) is 11.8 Å². The molecule has 3 unspecified atom stereocenters. The number of hydrogen-bond acceptors (Lipinski definition) is 5. The Balaban J connectivity index is 0.00000261. The average Bonchev–Trinajstić information content (AvgIpc) is 3.29. The van der Waals surface area contributed by atoms with Crippen molar-refractivity contribution in [2.75, 3.05) is 51.9 Å². The summed E-state index contributed by atoms with van der Waals surface area (Å²) in [5.74, 6) is 2.98. The molecule has 0 aromatic rings. The molecule has 3 atom stereocenters. The molecular weight excluding hydrogens is 479 g/mol. The third-order valence-electron chi connectivity index (χ3n) is 5.29. The maximum Gasteiger partial charge on any atom is 0.243 e. The highest BCUT2D eigenvalue weighted by Crippen LogP contribution is 2.38. The first-order chi connectivity index (χ1) is 12.6. The normalized spacial score (nSPS) is 30.8. The van der Waals surface area contributed by atoms with Gasteiger partial charge in [-0.25, -0.2) is 4.99 Å². The molecule has 3 heterocycles. The van der Waals surface area contributed by atoms with Crippen molar-refractivity contribution in [2.45, 2.75) is 49.9 Å². The number of thioether (sulfide) groups is 1. The summed E-state index contributed by atoms with van der Waals surface area (Å²) < 4.78 is 11.8. The molecule has 0 saturated carbocycles.